The highest BCUT2D eigenvalue weighted by Crippen LogP contribution is 2.31. The van der Waals surface area contributed by atoms with E-state index in [-0.39, 0.29) is 0 Å². The summed E-state index contributed by atoms with van der Waals surface area (Å²) in [5.41, 5.74) is 15.2. The number of benzene rings is 1. The van der Waals surface area contributed by atoms with Crippen LogP contribution in [0.4, 0.5) is 5.82 Å². The molecule has 1 aromatic heterocycles. The molecular formula is C26H38N6O3S. The highest BCUT2D eigenvalue weighted by atomic mass is 32.2. The Morgan fingerprint density at radius 3 is 2.31 bits per heavy atom. The van der Waals surface area contributed by atoms with Gasteiger partial charge in [0.15, 0.2) is 17.2 Å². The fraction of sp³-hybridized carbons (Fsp3) is 0.385. The number of amidine groups is 1. The molecule has 0 radical (unpaired) electrons. The molecule has 0 bridgehead atoms. The van der Waals surface area contributed by atoms with Crippen LogP contribution in [0.15, 0.2) is 46.7 Å². The van der Waals surface area contributed by atoms with Gasteiger partial charge in [-0.25, -0.2) is 4.98 Å². The number of nitrogens with zero attached hydrogens (tertiary/aromatic N) is 3. The molecule has 3 rings (SSSR count). The van der Waals surface area contributed by atoms with Crippen molar-refractivity contribution in [1.82, 2.24) is 14.9 Å². The van der Waals surface area contributed by atoms with E-state index < -0.39 is 0 Å². The van der Waals surface area contributed by atoms with Gasteiger partial charge in [0.1, 0.15) is 23.0 Å². The summed E-state index contributed by atoms with van der Waals surface area (Å²) in [6.45, 7) is 8.66. The van der Waals surface area contributed by atoms with Gasteiger partial charge < -0.3 is 31.0 Å². The molecule has 0 amide bonds. The van der Waals surface area contributed by atoms with Gasteiger partial charge in [-0.1, -0.05) is 38.8 Å². The number of methoxy groups -OCH3 is 2. The van der Waals surface area contributed by atoms with Crippen LogP contribution in [0.5, 0.6) is 11.5 Å². The van der Waals surface area contributed by atoms with Gasteiger partial charge >= 0.3 is 0 Å². The number of nitrogen functional groups attached to an aromatic ring is 1. The second-order valence-electron chi connectivity index (χ2n) is 7.66. The first-order valence-electron chi connectivity index (χ1n) is 11.8. The largest absolute Gasteiger partial charge is 0.494 e. The first-order chi connectivity index (χ1) is 17.4. The quantitative estimate of drug-likeness (QED) is 0.279. The van der Waals surface area contributed by atoms with Crippen LogP contribution in [0.1, 0.15) is 40.5 Å². The highest BCUT2D eigenvalue weighted by Gasteiger charge is 2.21. The zero-order valence-corrected chi connectivity index (χ0v) is 23.0. The SMILES string of the molecule is CCCC.CCOC1=CC=C/C(=c2/nc(N)/c(=C(C)\C(N)=N\SC)n2-c2c(OC)cccc2OC)N1. The van der Waals surface area contributed by atoms with Crippen LogP contribution in [0.2, 0.25) is 0 Å². The van der Waals surface area contributed by atoms with Crippen molar-refractivity contribution in [1.29, 1.82) is 0 Å². The lowest BCUT2D eigenvalue weighted by atomic mass is 10.2. The summed E-state index contributed by atoms with van der Waals surface area (Å²) in [5.74, 6) is 2.41. The van der Waals surface area contributed by atoms with Gasteiger partial charge in [0.2, 0.25) is 0 Å². The number of anilines is 1. The van der Waals surface area contributed by atoms with E-state index in [1.807, 2.05) is 61.1 Å². The first kappa shape index (κ1) is 28.7. The summed E-state index contributed by atoms with van der Waals surface area (Å²) in [7, 11) is 3.19. The Bertz CT molecular complexity index is 1220. The molecule has 2 heterocycles. The van der Waals surface area contributed by atoms with E-state index in [1.165, 1.54) is 24.8 Å². The Morgan fingerprint density at radius 1 is 1.14 bits per heavy atom. The summed E-state index contributed by atoms with van der Waals surface area (Å²) in [6, 6.07) is 5.54. The molecule has 1 aliphatic heterocycles. The van der Waals surface area contributed by atoms with Crippen LogP contribution in [-0.2, 0) is 4.74 Å². The minimum absolute atomic E-state index is 0.292. The number of nitrogens with one attached hydrogen (secondary N) is 1. The third kappa shape index (κ3) is 6.57. The smallest absolute Gasteiger partial charge is 0.191 e. The van der Waals surface area contributed by atoms with Crippen LogP contribution in [0, 0.1) is 0 Å². The molecule has 36 heavy (non-hydrogen) atoms. The van der Waals surface area contributed by atoms with E-state index in [1.54, 1.807) is 14.2 Å². The molecule has 0 saturated carbocycles. The fourth-order valence-electron chi connectivity index (χ4n) is 3.35. The fourth-order valence-corrected chi connectivity index (χ4v) is 3.69. The molecule has 1 aromatic carbocycles. The van der Waals surface area contributed by atoms with Crippen LogP contribution in [0.3, 0.4) is 0 Å². The van der Waals surface area contributed by atoms with Crippen molar-refractivity contribution in [3.05, 3.63) is 53.1 Å². The van der Waals surface area contributed by atoms with Gasteiger partial charge in [0.05, 0.1) is 31.9 Å². The summed E-state index contributed by atoms with van der Waals surface area (Å²) in [4.78, 5) is 4.68. The zero-order valence-electron chi connectivity index (χ0n) is 22.2. The Morgan fingerprint density at radius 2 is 1.78 bits per heavy atom. The van der Waals surface area contributed by atoms with Crippen molar-refractivity contribution in [3.8, 4) is 17.2 Å². The van der Waals surface area contributed by atoms with Gasteiger partial charge in [-0.3, -0.25) is 4.57 Å². The molecule has 9 nitrogen and oxygen atoms in total. The van der Waals surface area contributed by atoms with E-state index in [0.29, 0.717) is 63.4 Å². The van der Waals surface area contributed by atoms with Crippen molar-refractivity contribution in [2.24, 2.45) is 10.1 Å². The van der Waals surface area contributed by atoms with E-state index in [0.717, 1.165) is 0 Å². The van der Waals surface area contributed by atoms with Gasteiger partial charge in [-0.2, -0.15) is 4.40 Å². The molecule has 1 aliphatic rings. The van der Waals surface area contributed by atoms with Gasteiger partial charge in [-0.05, 0) is 50.1 Å². The van der Waals surface area contributed by atoms with E-state index in [9.17, 15) is 0 Å². The number of nitrogens with two attached hydrogens (primary N) is 2. The number of para-hydroxylation sites is 1. The second kappa shape index (κ2) is 14.1. The number of hydrogen-bond acceptors (Lipinski definition) is 8. The summed E-state index contributed by atoms with van der Waals surface area (Å²) < 4.78 is 23.1. The molecule has 0 aliphatic carbocycles. The second-order valence-corrected chi connectivity index (χ2v) is 8.21. The van der Waals surface area contributed by atoms with Crippen molar-refractivity contribution in [2.45, 2.75) is 40.5 Å². The average Bonchev–Trinajstić information content (AvgIpc) is 3.24. The Hall–Kier alpha value is -3.53. The van der Waals surface area contributed by atoms with Crippen LogP contribution >= 0.6 is 11.9 Å². The van der Waals surface area contributed by atoms with Crippen LogP contribution < -0.4 is 37.1 Å². The van der Waals surface area contributed by atoms with Crippen molar-refractivity contribution in [2.75, 3.05) is 32.8 Å². The summed E-state index contributed by atoms with van der Waals surface area (Å²) >= 11 is 1.27. The average molecular weight is 515 g/mol. The number of aromatic nitrogens is 2. The Labute approximate surface area is 217 Å². The van der Waals surface area contributed by atoms with E-state index >= 15 is 0 Å². The van der Waals surface area contributed by atoms with E-state index in [2.05, 4.69) is 28.5 Å². The lowest BCUT2D eigenvalue weighted by molar-refractivity contribution is 0.215. The van der Waals surface area contributed by atoms with Gasteiger partial charge in [0.25, 0.3) is 0 Å². The number of ether oxygens (including phenoxy) is 3. The number of unbranched alkanes of at least 4 members (excludes halogenated alkanes) is 1. The Balaban J connectivity index is 0.00000106. The molecule has 0 unspecified atom stereocenters. The zero-order chi connectivity index (χ0) is 26.7. The molecule has 10 heteroatoms. The first-order valence-corrected chi connectivity index (χ1v) is 13.0. The number of rotatable bonds is 8. The number of imidazole rings is 1. The lowest BCUT2D eigenvalue weighted by Gasteiger charge is -2.18. The standard InChI is InChI=1S/C22H28N6O3S.C4H10/c1-6-31-17-12-7-9-14(25-17)22-26-21(24)18(13(2)20(23)27-32-5)28(22)19-15(29-3)10-8-11-16(19)30-4;1-3-4-2/h7-12,25H,6H2,1-5H3,(H2,23,27)(H2,24,26);3-4H2,1-2H3/b18-13+,22-14+;. The van der Waals surface area contributed by atoms with Crippen LogP contribution in [-0.4, -0.2) is 42.5 Å². The molecule has 0 saturated heterocycles. The number of dihydropyridines is 1. The predicted octanol–water partition coefficient (Wildman–Crippen LogP) is 3.23. The van der Waals surface area contributed by atoms with Crippen LogP contribution in [0.25, 0.3) is 17.0 Å². The number of allylic oxidation sites excluding steroid dienone is 2. The third-order valence-electron chi connectivity index (χ3n) is 5.27. The molecule has 196 valence electrons. The molecular weight excluding hydrogens is 476 g/mol. The monoisotopic (exact) mass is 514 g/mol. The van der Waals surface area contributed by atoms with Crippen molar-refractivity contribution in [3.63, 3.8) is 0 Å². The Kier molecular flexibility index (Phi) is 11.3. The van der Waals surface area contributed by atoms with E-state index in [4.69, 9.17) is 25.7 Å². The van der Waals surface area contributed by atoms with Crippen molar-refractivity contribution < 1.29 is 14.2 Å². The topological polar surface area (TPSA) is 122 Å². The maximum atomic E-state index is 6.43. The maximum absolute atomic E-state index is 6.43. The highest BCUT2D eigenvalue weighted by molar-refractivity contribution is 7.97. The molecule has 2 aromatic rings. The molecule has 5 N–H and O–H groups in total. The predicted molar refractivity (Wildman–Crippen MR) is 151 cm³/mol. The molecule has 0 atom stereocenters. The number of hydrogen-bond donors (Lipinski definition) is 3. The lowest BCUT2D eigenvalue weighted by Crippen LogP contribution is -2.35. The molecule has 0 fully saturated rings. The minimum Gasteiger partial charge on any atom is -0.494 e. The normalized spacial score (nSPS) is 15.3. The van der Waals surface area contributed by atoms with Gasteiger partial charge in [0, 0.05) is 11.8 Å². The third-order valence-corrected chi connectivity index (χ3v) is 5.65. The maximum Gasteiger partial charge on any atom is 0.191 e. The minimum atomic E-state index is 0.292. The van der Waals surface area contributed by atoms with Gasteiger partial charge in [-0.15, -0.1) is 0 Å². The molecule has 0 spiro atoms. The summed E-state index contributed by atoms with van der Waals surface area (Å²) in [6.07, 6.45) is 10.1. The summed E-state index contributed by atoms with van der Waals surface area (Å²) in [5, 5.41) is 3.85. The van der Waals surface area contributed by atoms with Crippen molar-refractivity contribution >= 4 is 34.9 Å².